The largest absolute Gasteiger partial charge is 0.361 e. The van der Waals surface area contributed by atoms with E-state index in [1.807, 2.05) is 17.9 Å². The number of aromatic nitrogens is 2. The van der Waals surface area contributed by atoms with Crippen molar-refractivity contribution in [2.45, 2.75) is 45.6 Å². The van der Waals surface area contributed by atoms with E-state index in [0.29, 0.717) is 12.2 Å². The summed E-state index contributed by atoms with van der Waals surface area (Å²) in [6, 6.07) is 3.61. The van der Waals surface area contributed by atoms with Crippen molar-refractivity contribution >= 4 is 5.91 Å². The zero-order valence-electron chi connectivity index (χ0n) is 12.3. The number of amides is 1. The van der Waals surface area contributed by atoms with Crippen LogP contribution in [0.3, 0.4) is 0 Å². The molecule has 6 heteroatoms. The maximum Gasteiger partial charge on any atom is 0.276 e. The molecule has 1 aliphatic rings. The molecule has 3 heterocycles. The quantitative estimate of drug-likeness (QED) is 0.865. The molecule has 0 aromatic carbocycles. The summed E-state index contributed by atoms with van der Waals surface area (Å²) >= 11 is 0. The number of hydrogen-bond acceptors (Lipinski definition) is 5. The molecule has 21 heavy (non-hydrogen) atoms. The summed E-state index contributed by atoms with van der Waals surface area (Å²) in [6.07, 6.45) is 3.62. The van der Waals surface area contributed by atoms with Crippen LogP contribution in [-0.4, -0.2) is 27.7 Å². The van der Waals surface area contributed by atoms with Crippen LogP contribution in [0.2, 0.25) is 0 Å². The zero-order chi connectivity index (χ0) is 14.8. The molecular formula is C15H19N3O3. The first-order valence-corrected chi connectivity index (χ1v) is 7.39. The van der Waals surface area contributed by atoms with E-state index in [0.717, 1.165) is 42.9 Å². The Morgan fingerprint density at radius 3 is 2.95 bits per heavy atom. The van der Waals surface area contributed by atoms with Gasteiger partial charge in [-0.15, -0.1) is 0 Å². The van der Waals surface area contributed by atoms with Crippen LogP contribution in [0.25, 0.3) is 0 Å². The van der Waals surface area contributed by atoms with E-state index < -0.39 is 0 Å². The molecule has 1 amide bonds. The van der Waals surface area contributed by atoms with Crippen LogP contribution in [-0.2, 0) is 6.42 Å². The average molecular weight is 289 g/mol. The van der Waals surface area contributed by atoms with E-state index in [2.05, 4.69) is 17.2 Å². The second kappa shape index (κ2) is 5.71. The minimum absolute atomic E-state index is 0.0266. The summed E-state index contributed by atoms with van der Waals surface area (Å²) in [5.41, 5.74) is 1.20. The lowest BCUT2D eigenvalue weighted by Crippen LogP contribution is -2.30. The van der Waals surface area contributed by atoms with Gasteiger partial charge in [-0.1, -0.05) is 17.2 Å². The Morgan fingerprint density at radius 2 is 2.24 bits per heavy atom. The van der Waals surface area contributed by atoms with E-state index in [4.69, 9.17) is 9.05 Å². The first kappa shape index (κ1) is 13.9. The van der Waals surface area contributed by atoms with Gasteiger partial charge in [0.15, 0.2) is 5.69 Å². The molecule has 1 atom stereocenters. The van der Waals surface area contributed by atoms with E-state index in [-0.39, 0.29) is 11.9 Å². The van der Waals surface area contributed by atoms with Crippen molar-refractivity contribution in [1.29, 1.82) is 0 Å². The highest BCUT2D eigenvalue weighted by Gasteiger charge is 2.33. The van der Waals surface area contributed by atoms with Crippen LogP contribution in [0.1, 0.15) is 59.9 Å². The number of nitrogens with zero attached hydrogens (tertiary/aromatic N) is 3. The minimum atomic E-state index is -0.0933. The van der Waals surface area contributed by atoms with Crippen LogP contribution >= 0.6 is 0 Å². The van der Waals surface area contributed by atoms with Crippen molar-refractivity contribution in [3.8, 4) is 0 Å². The van der Waals surface area contributed by atoms with Gasteiger partial charge in [0.25, 0.3) is 5.91 Å². The average Bonchev–Trinajstić information content (AvgIpc) is 3.17. The molecule has 3 rings (SSSR count). The molecular weight excluding hydrogens is 270 g/mol. The monoisotopic (exact) mass is 289 g/mol. The Bertz CT molecular complexity index is 632. The Labute approximate surface area is 123 Å². The number of carbonyl (C=O) groups excluding carboxylic acids is 1. The van der Waals surface area contributed by atoms with Crippen molar-refractivity contribution in [3.63, 3.8) is 0 Å². The third kappa shape index (κ3) is 2.70. The number of rotatable bonds is 4. The molecule has 1 aliphatic heterocycles. The lowest BCUT2D eigenvalue weighted by atomic mass is 10.1. The Hall–Kier alpha value is -2.11. The molecule has 2 aromatic rings. The molecule has 0 saturated carbocycles. The normalized spacial score (nSPS) is 18.4. The van der Waals surface area contributed by atoms with Crippen LogP contribution in [0.5, 0.6) is 0 Å². The number of likely N-dealkylation sites (tertiary alicyclic amines) is 1. The molecule has 0 radical (unpaired) electrons. The Kier molecular flexibility index (Phi) is 3.77. The molecule has 0 spiro atoms. The van der Waals surface area contributed by atoms with Crippen molar-refractivity contribution < 1.29 is 13.8 Å². The lowest BCUT2D eigenvalue weighted by Gasteiger charge is -2.21. The second-order valence-corrected chi connectivity index (χ2v) is 5.45. The molecule has 0 N–H and O–H groups in total. The fraction of sp³-hybridized carbons (Fsp3) is 0.533. The Morgan fingerprint density at radius 1 is 1.38 bits per heavy atom. The lowest BCUT2D eigenvalue weighted by molar-refractivity contribution is 0.0720. The fourth-order valence-electron chi connectivity index (χ4n) is 2.79. The van der Waals surface area contributed by atoms with Gasteiger partial charge in [-0.3, -0.25) is 4.79 Å². The number of aryl methyl sites for hydroxylation is 2. The zero-order valence-corrected chi connectivity index (χ0v) is 12.3. The van der Waals surface area contributed by atoms with Crippen molar-refractivity contribution in [1.82, 2.24) is 15.2 Å². The maximum atomic E-state index is 12.6. The van der Waals surface area contributed by atoms with Gasteiger partial charge in [0.2, 0.25) is 0 Å². The van der Waals surface area contributed by atoms with Gasteiger partial charge in [0.05, 0.1) is 6.04 Å². The van der Waals surface area contributed by atoms with Crippen LogP contribution < -0.4 is 0 Å². The Balaban J connectivity index is 1.79. The highest BCUT2D eigenvalue weighted by atomic mass is 16.5. The van der Waals surface area contributed by atoms with Gasteiger partial charge in [0.1, 0.15) is 17.2 Å². The van der Waals surface area contributed by atoms with E-state index >= 15 is 0 Å². The molecule has 0 unspecified atom stereocenters. The van der Waals surface area contributed by atoms with E-state index in [1.165, 1.54) is 0 Å². The molecule has 2 aromatic heterocycles. The first-order valence-electron chi connectivity index (χ1n) is 7.39. The molecule has 112 valence electrons. The summed E-state index contributed by atoms with van der Waals surface area (Å²) in [6.45, 7) is 4.63. The standard InChI is InChI=1S/C15H19N3O3/c1-3-5-11-9-13(17-21-11)15(19)18-7-4-6-14(18)12-8-10(2)20-16-12/h8-9,14H,3-7H2,1-2H3/t14-/m1/s1. The molecule has 6 nitrogen and oxygen atoms in total. The minimum Gasteiger partial charge on any atom is -0.361 e. The summed E-state index contributed by atoms with van der Waals surface area (Å²) in [5.74, 6) is 1.43. The molecule has 0 aliphatic carbocycles. The predicted molar refractivity (Wildman–Crippen MR) is 74.7 cm³/mol. The molecule has 1 fully saturated rings. The third-order valence-corrected chi connectivity index (χ3v) is 3.78. The maximum absolute atomic E-state index is 12.6. The third-order valence-electron chi connectivity index (χ3n) is 3.78. The summed E-state index contributed by atoms with van der Waals surface area (Å²) in [5, 5.41) is 7.95. The van der Waals surface area contributed by atoms with E-state index in [9.17, 15) is 4.79 Å². The number of carbonyl (C=O) groups is 1. The molecule has 1 saturated heterocycles. The van der Waals surface area contributed by atoms with Crippen LogP contribution in [0.15, 0.2) is 21.2 Å². The van der Waals surface area contributed by atoms with Gasteiger partial charge < -0.3 is 13.9 Å². The van der Waals surface area contributed by atoms with Crippen molar-refractivity contribution in [2.24, 2.45) is 0 Å². The molecule has 0 bridgehead atoms. The van der Waals surface area contributed by atoms with Gasteiger partial charge >= 0.3 is 0 Å². The summed E-state index contributed by atoms with van der Waals surface area (Å²) in [7, 11) is 0. The SMILES string of the molecule is CCCc1cc(C(=O)N2CCC[C@@H]2c2cc(C)on2)no1. The second-order valence-electron chi connectivity index (χ2n) is 5.45. The van der Waals surface area contributed by atoms with Gasteiger partial charge in [0, 0.05) is 25.1 Å². The van der Waals surface area contributed by atoms with Crippen molar-refractivity contribution in [2.75, 3.05) is 6.54 Å². The summed E-state index contributed by atoms with van der Waals surface area (Å²) < 4.78 is 10.3. The fourth-order valence-corrected chi connectivity index (χ4v) is 2.79. The highest BCUT2D eigenvalue weighted by Crippen LogP contribution is 2.32. The predicted octanol–water partition coefficient (Wildman–Crippen LogP) is 2.90. The van der Waals surface area contributed by atoms with E-state index in [1.54, 1.807) is 6.07 Å². The number of hydrogen-bond donors (Lipinski definition) is 0. The van der Waals surface area contributed by atoms with Crippen LogP contribution in [0.4, 0.5) is 0 Å². The van der Waals surface area contributed by atoms with Crippen molar-refractivity contribution in [3.05, 3.63) is 35.0 Å². The highest BCUT2D eigenvalue weighted by molar-refractivity contribution is 5.92. The van der Waals surface area contributed by atoms with Gasteiger partial charge in [-0.25, -0.2) is 0 Å². The van der Waals surface area contributed by atoms with Gasteiger partial charge in [-0.2, -0.15) is 0 Å². The van der Waals surface area contributed by atoms with Crippen LogP contribution in [0, 0.1) is 6.92 Å². The van der Waals surface area contributed by atoms with Gasteiger partial charge in [-0.05, 0) is 26.2 Å². The summed E-state index contributed by atoms with van der Waals surface area (Å²) in [4.78, 5) is 14.4. The first-order chi connectivity index (χ1) is 10.2. The smallest absolute Gasteiger partial charge is 0.276 e. The topological polar surface area (TPSA) is 72.4 Å².